The van der Waals surface area contributed by atoms with E-state index in [1.165, 1.54) is 0 Å². The Morgan fingerprint density at radius 1 is 0.882 bits per heavy atom. The number of rotatable bonds is 8. The van der Waals surface area contributed by atoms with Gasteiger partial charge in [0, 0.05) is 0 Å². The van der Waals surface area contributed by atoms with Crippen LogP contribution in [-0.2, 0) is 19.1 Å². The number of hydrogen-bond acceptors (Lipinski definition) is 4. The van der Waals surface area contributed by atoms with Crippen molar-refractivity contribution in [3.8, 4) is 0 Å². The Kier molecular flexibility index (Phi) is 9.59. The molecule has 0 rings (SSSR count). The van der Waals surface area contributed by atoms with Crippen LogP contribution in [0.2, 0.25) is 8.87 Å². The molecule has 0 amide bonds. The van der Waals surface area contributed by atoms with Gasteiger partial charge in [0.2, 0.25) is 0 Å². The first-order valence-corrected chi connectivity index (χ1v) is 10.0. The molecule has 17 heavy (non-hydrogen) atoms. The van der Waals surface area contributed by atoms with Gasteiger partial charge in [0.25, 0.3) is 0 Å². The summed E-state index contributed by atoms with van der Waals surface area (Å²) >= 11 is -0.611. The summed E-state index contributed by atoms with van der Waals surface area (Å²) in [4.78, 5) is 22.4. The molecule has 0 aromatic rings. The van der Waals surface area contributed by atoms with E-state index in [4.69, 9.17) is 9.47 Å². The van der Waals surface area contributed by atoms with Crippen LogP contribution in [0.15, 0.2) is 0 Å². The first-order valence-electron chi connectivity index (χ1n) is 6.01. The predicted octanol–water partition coefficient (Wildman–Crippen LogP) is 2.21. The molecule has 4 nitrogen and oxygen atoms in total. The van der Waals surface area contributed by atoms with E-state index in [9.17, 15) is 9.59 Å². The van der Waals surface area contributed by atoms with Crippen LogP contribution >= 0.6 is 0 Å². The van der Waals surface area contributed by atoms with E-state index in [-0.39, 0.29) is 24.1 Å². The van der Waals surface area contributed by atoms with E-state index < -0.39 is 21.1 Å². The molecule has 0 saturated heterocycles. The summed E-state index contributed by atoms with van der Waals surface area (Å²) in [7, 11) is 0. The molecule has 0 saturated carbocycles. The van der Waals surface area contributed by atoms with E-state index >= 15 is 0 Å². The Bertz CT molecular complexity index is 215. The van der Waals surface area contributed by atoms with Gasteiger partial charge < -0.3 is 0 Å². The summed E-state index contributed by atoms with van der Waals surface area (Å²) in [5, 5.41) is 0. The Morgan fingerprint density at radius 2 is 1.24 bits per heavy atom. The van der Waals surface area contributed by atoms with Gasteiger partial charge in [-0.05, 0) is 0 Å². The molecule has 96 valence electrons. The predicted molar refractivity (Wildman–Crippen MR) is 67.1 cm³/mol. The fourth-order valence-electron chi connectivity index (χ4n) is 1.15. The van der Waals surface area contributed by atoms with Crippen LogP contribution in [-0.4, -0.2) is 45.3 Å². The van der Waals surface area contributed by atoms with Crippen LogP contribution in [0.5, 0.6) is 0 Å². The molecule has 0 aromatic heterocycles. The van der Waals surface area contributed by atoms with Crippen molar-refractivity contribution in [3.63, 3.8) is 0 Å². The zero-order chi connectivity index (χ0) is 13.3. The van der Waals surface area contributed by atoms with Crippen LogP contribution in [0, 0.1) is 0 Å². The van der Waals surface area contributed by atoms with Gasteiger partial charge in [0.1, 0.15) is 0 Å². The summed E-state index contributed by atoms with van der Waals surface area (Å²) in [6, 6.07) is 0. The van der Waals surface area contributed by atoms with Crippen molar-refractivity contribution in [2.45, 2.75) is 61.6 Å². The average Bonchev–Trinajstić information content (AvgIpc) is 2.14. The summed E-state index contributed by atoms with van der Waals surface area (Å²) in [6.07, 6.45) is 0.940. The minimum absolute atomic E-state index is 0.0334. The third kappa shape index (κ3) is 12.0. The summed E-state index contributed by atoms with van der Waals surface area (Å²) in [5.41, 5.74) is 0. The van der Waals surface area contributed by atoms with E-state index in [1.807, 2.05) is 27.7 Å². The molecule has 0 aliphatic rings. The molecule has 0 heterocycles. The van der Waals surface area contributed by atoms with Crippen LogP contribution in [0.4, 0.5) is 0 Å². The normalized spacial score (nSPS) is 10.2. The zero-order valence-corrected chi connectivity index (χ0v) is 14.0. The number of carbonyl (C=O) groups is 2. The molecule has 0 unspecified atom stereocenters. The third-order valence-electron chi connectivity index (χ3n) is 1.75. The minimum atomic E-state index is -0.611. The number of hydrogen-bond donors (Lipinski definition) is 0. The third-order valence-corrected chi connectivity index (χ3v) is 5.19. The van der Waals surface area contributed by atoms with Crippen molar-refractivity contribution in [2.24, 2.45) is 0 Å². The molecule has 0 aliphatic carbocycles. The molecule has 0 N–H and O–H groups in total. The molecule has 0 atom stereocenters. The monoisotopic (exact) mass is 350 g/mol. The first kappa shape index (κ1) is 16.7. The Balaban J connectivity index is 3.40. The van der Waals surface area contributed by atoms with Gasteiger partial charge in [0.05, 0.1) is 0 Å². The van der Waals surface area contributed by atoms with E-state index in [0.29, 0.717) is 12.8 Å². The molecule has 0 aliphatic heterocycles. The Labute approximate surface area is 114 Å². The van der Waals surface area contributed by atoms with Crippen molar-refractivity contribution in [2.75, 3.05) is 0 Å². The SMILES string of the molecule is CC(C)OC(=O)C[CH2][Sn+2][CH2]CC(=O)OC(C)C. The van der Waals surface area contributed by atoms with E-state index in [2.05, 4.69) is 0 Å². The molecular weight excluding hydrogens is 327 g/mol. The Morgan fingerprint density at radius 3 is 1.53 bits per heavy atom. The average molecular weight is 349 g/mol. The molecular formula is C12H22O4Sn+2. The Hall–Kier alpha value is -0.261. The van der Waals surface area contributed by atoms with Gasteiger partial charge in [-0.25, -0.2) is 0 Å². The second-order valence-corrected chi connectivity index (χ2v) is 8.61. The summed E-state index contributed by atoms with van der Waals surface area (Å²) in [6.45, 7) is 7.39. The van der Waals surface area contributed by atoms with E-state index in [0.717, 1.165) is 8.87 Å². The quantitative estimate of drug-likeness (QED) is 0.383. The van der Waals surface area contributed by atoms with E-state index in [1.54, 1.807) is 0 Å². The van der Waals surface area contributed by atoms with Crippen LogP contribution < -0.4 is 0 Å². The van der Waals surface area contributed by atoms with Gasteiger partial charge in [-0.15, -0.1) is 0 Å². The molecule has 0 fully saturated rings. The number of ether oxygens (including phenoxy) is 2. The van der Waals surface area contributed by atoms with Crippen molar-refractivity contribution in [1.29, 1.82) is 0 Å². The van der Waals surface area contributed by atoms with Crippen molar-refractivity contribution >= 4 is 33.1 Å². The molecule has 0 spiro atoms. The molecule has 0 bridgehead atoms. The zero-order valence-electron chi connectivity index (χ0n) is 11.1. The van der Waals surface area contributed by atoms with Gasteiger partial charge in [0.15, 0.2) is 0 Å². The van der Waals surface area contributed by atoms with Crippen molar-refractivity contribution < 1.29 is 19.1 Å². The molecule has 5 heteroatoms. The second-order valence-electron chi connectivity index (χ2n) is 4.33. The van der Waals surface area contributed by atoms with Crippen molar-refractivity contribution in [3.05, 3.63) is 0 Å². The standard InChI is InChI=1S/2C6H11O2.Sn/c2*1-4-6(7)8-5(2)3;/h2*5H,1,4H2,2-3H3;/q;;+2. The second kappa shape index (κ2) is 9.74. The van der Waals surface area contributed by atoms with Gasteiger partial charge >= 0.3 is 114 Å². The fraction of sp³-hybridized carbons (Fsp3) is 0.833. The number of carbonyl (C=O) groups excluding carboxylic acids is 2. The van der Waals surface area contributed by atoms with Crippen LogP contribution in [0.1, 0.15) is 40.5 Å². The maximum atomic E-state index is 11.2. The maximum absolute atomic E-state index is 11.2. The number of esters is 2. The summed E-state index contributed by atoms with van der Waals surface area (Å²) < 4.78 is 11.9. The van der Waals surface area contributed by atoms with Gasteiger partial charge in [-0.1, -0.05) is 0 Å². The summed E-state index contributed by atoms with van der Waals surface area (Å²) in [5.74, 6) is -0.240. The first-order chi connectivity index (χ1) is 7.91. The fourth-order valence-corrected chi connectivity index (χ4v) is 4.04. The molecule has 0 aromatic carbocycles. The topological polar surface area (TPSA) is 52.6 Å². The molecule has 0 radical (unpaired) electrons. The van der Waals surface area contributed by atoms with Crippen LogP contribution in [0.25, 0.3) is 0 Å². The van der Waals surface area contributed by atoms with Crippen molar-refractivity contribution in [1.82, 2.24) is 0 Å². The van der Waals surface area contributed by atoms with Gasteiger partial charge in [-0.3, -0.25) is 0 Å². The van der Waals surface area contributed by atoms with Gasteiger partial charge in [-0.2, -0.15) is 0 Å². The van der Waals surface area contributed by atoms with Crippen LogP contribution in [0.3, 0.4) is 0 Å².